The second kappa shape index (κ2) is 9.70. The van der Waals surface area contributed by atoms with Gasteiger partial charge < -0.3 is 15.1 Å². The van der Waals surface area contributed by atoms with Gasteiger partial charge in [-0.3, -0.25) is 4.98 Å². The Morgan fingerprint density at radius 1 is 0.738 bits per heavy atom. The molecule has 206 valence electrons. The lowest BCUT2D eigenvalue weighted by atomic mass is 9.87. The van der Waals surface area contributed by atoms with Crippen LogP contribution in [0.2, 0.25) is 0 Å². The summed E-state index contributed by atoms with van der Waals surface area (Å²) >= 11 is 0. The zero-order valence-corrected chi connectivity index (χ0v) is 23.7. The number of aromatic carboxylic acids is 1. The van der Waals surface area contributed by atoms with Crippen LogP contribution < -0.4 is 0 Å². The van der Waals surface area contributed by atoms with E-state index in [0.29, 0.717) is 0 Å². The van der Waals surface area contributed by atoms with E-state index in [2.05, 4.69) is 97.5 Å². The quantitative estimate of drug-likeness (QED) is 0.206. The van der Waals surface area contributed by atoms with Crippen molar-refractivity contribution in [2.75, 3.05) is 0 Å². The molecule has 0 aliphatic carbocycles. The number of hydrogen-bond donors (Lipinski definition) is 3. The van der Waals surface area contributed by atoms with E-state index < -0.39 is 5.97 Å². The molecule has 2 aliphatic rings. The van der Waals surface area contributed by atoms with Crippen LogP contribution in [0.25, 0.3) is 56.5 Å². The molecule has 5 aromatic rings. The zero-order valence-electron chi connectivity index (χ0n) is 23.7. The van der Waals surface area contributed by atoms with Crippen molar-refractivity contribution in [3.63, 3.8) is 0 Å². The van der Waals surface area contributed by atoms with Crippen molar-refractivity contribution < 1.29 is 9.90 Å². The van der Waals surface area contributed by atoms with Crippen molar-refractivity contribution in [3.05, 3.63) is 119 Å². The first kappa shape index (κ1) is 25.7. The van der Waals surface area contributed by atoms with Gasteiger partial charge in [-0.25, -0.2) is 9.78 Å². The number of carboxylic acid groups (broad SMARTS) is 1. The number of aryl methyl sites for hydroxylation is 1. The molecule has 7 rings (SSSR count). The van der Waals surface area contributed by atoms with Crippen LogP contribution in [0.3, 0.4) is 0 Å². The average molecular weight is 551 g/mol. The van der Waals surface area contributed by atoms with Crippen molar-refractivity contribution in [3.8, 4) is 22.3 Å². The van der Waals surface area contributed by atoms with Crippen molar-refractivity contribution in [1.82, 2.24) is 19.9 Å². The largest absolute Gasteiger partial charge is 0.478 e. The van der Waals surface area contributed by atoms with Gasteiger partial charge in [0, 0.05) is 56.4 Å². The summed E-state index contributed by atoms with van der Waals surface area (Å²) < 4.78 is 0. The molecule has 0 unspecified atom stereocenters. The number of carboxylic acids is 1. The second-order valence-corrected chi connectivity index (χ2v) is 11.7. The van der Waals surface area contributed by atoms with E-state index in [-0.39, 0.29) is 11.0 Å². The van der Waals surface area contributed by atoms with Gasteiger partial charge in [0.2, 0.25) is 0 Å². The van der Waals surface area contributed by atoms with Crippen LogP contribution in [0.15, 0.2) is 84.9 Å². The number of hydrogen-bond acceptors (Lipinski definition) is 3. The van der Waals surface area contributed by atoms with E-state index >= 15 is 0 Å². The Balaban J connectivity index is 1.60. The highest BCUT2D eigenvalue weighted by molar-refractivity contribution is 5.96. The summed E-state index contributed by atoms with van der Waals surface area (Å²) in [5, 5.41) is 9.48. The number of H-pyrrole nitrogens is 2. The van der Waals surface area contributed by atoms with Crippen molar-refractivity contribution in [1.29, 1.82) is 0 Å². The summed E-state index contributed by atoms with van der Waals surface area (Å²) in [4.78, 5) is 29.0. The van der Waals surface area contributed by atoms with Gasteiger partial charge in [-0.1, -0.05) is 55.8 Å². The highest BCUT2D eigenvalue weighted by atomic mass is 16.4. The van der Waals surface area contributed by atoms with Crippen LogP contribution >= 0.6 is 0 Å². The number of nitrogens with one attached hydrogen (secondary N) is 2. The SMILES string of the molecule is Cc1ccc(-c2c3nc(c(-c4ccc(C(=O)O)cc4)c4ccc(cc5nc(cc6ccc2[nH]6)C(C)(C)C5)[nH]4)C=C3)cc1. The van der Waals surface area contributed by atoms with Gasteiger partial charge in [-0.2, -0.15) is 0 Å². The normalized spacial score (nSPS) is 13.8. The number of benzene rings is 2. The van der Waals surface area contributed by atoms with Gasteiger partial charge in [-0.15, -0.1) is 0 Å². The fraction of sp³-hybridized carbons (Fsp3) is 0.139. The van der Waals surface area contributed by atoms with Gasteiger partial charge in [0.25, 0.3) is 0 Å². The van der Waals surface area contributed by atoms with Gasteiger partial charge in [-0.05, 0) is 78.7 Å². The molecule has 2 aromatic carbocycles. The molecule has 6 nitrogen and oxygen atoms in total. The Hall–Kier alpha value is -5.23. The van der Waals surface area contributed by atoms with Crippen LogP contribution in [0.5, 0.6) is 0 Å². The summed E-state index contributed by atoms with van der Waals surface area (Å²) in [5.41, 5.74) is 12.7. The lowest BCUT2D eigenvalue weighted by molar-refractivity contribution is 0.0697. The second-order valence-electron chi connectivity index (χ2n) is 11.7. The van der Waals surface area contributed by atoms with Gasteiger partial charge in [0.05, 0.1) is 17.0 Å². The monoisotopic (exact) mass is 550 g/mol. The molecule has 3 N–H and O–H groups in total. The molecule has 2 aliphatic heterocycles. The Labute approximate surface area is 243 Å². The summed E-state index contributed by atoms with van der Waals surface area (Å²) in [6, 6.07) is 28.0. The third-order valence-corrected chi connectivity index (χ3v) is 8.06. The first-order chi connectivity index (χ1) is 20.2. The fourth-order valence-electron chi connectivity index (χ4n) is 5.83. The summed E-state index contributed by atoms with van der Waals surface area (Å²) in [6.45, 7) is 6.54. The summed E-state index contributed by atoms with van der Waals surface area (Å²) in [7, 11) is 0. The minimum absolute atomic E-state index is 0.102. The van der Waals surface area contributed by atoms with Crippen molar-refractivity contribution in [2.24, 2.45) is 0 Å². The molecule has 6 heteroatoms. The van der Waals surface area contributed by atoms with Crippen molar-refractivity contribution in [2.45, 2.75) is 32.6 Å². The van der Waals surface area contributed by atoms with Crippen LogP contribution in [0.4, 0.5) is 0 Å². The van der Waals surface area contributed by atoms with E-state index in [0.717, 1.165) is 73.5 Å². The topological polar surface area (TPSA) is 94.7 Å². The van der Waals surface area contributed by atoms with E-state index in [1.54, 1.807) is 12.1 Å². The Morgan fingerprint density at radius 2 is 1.29 bits per heavy atom. The predicted molar refractivity (Wildman–Crippen MR) is 169 cm³/mol. The maximum absolute atomic E-state index is 11.6. The summed E-state index contributed by atoms with van der Waals surface area (Å²) in [5.74, 6) is -0.952. The number of aromatic nitrogens is 4. The van der Waals surface area contributed by atoms with Gasteiger partial charge >= 0.3 is 5.97 Å². The highest BCUT2D eigenvalue weighted by Crippen LogP contribution is 2.35. The molecular formula is C36H30N4O2. The highest BCUT2D eigenvalue weighted by Gasteiger charge is 2.28. The first-order valence-corrected chi connectivity index (χ1v) is 14.1. The molecule has 0 atom stereocenters. The van der Waals surface area contributed by atoms with Gasteiger partial charge in [0.15, 0.2) is 0 Å². The van der Waals surface area contributed by atoms with Crippen LogP contribution in [-0.2, 0) is 11.8 Å². The number of rotatable bonds is 3. The molecule has 8 bridgehead atoms. The molecule has 0 spiro atoms. The molecule has 0 saturated heterocycles. The molecular weight excluding hydrogens is 520 g/mol. The Kier molecular flexibility index (Phi) is 5.94. The van der Waals surface area contributed by atoms with Gasteiger partial charge in [0.1, 0.15) is 0 Å². The van der Waals surface area contributed by atoms with Crippen LogP contribution in [0, 0.1) is 6.92 Å². The predicted octanol–water partition coefficient (Wildman–Crippen LogP) is 8.35. The van der Waals surface area contributed by atoms with Crippen LogP contribution in [-0.4, -0.2) is 31.0 Å². The molecule has 0 amide bonds. The smallest absolute Gasteiger partial charge is 0.335 e. The third kappa shape index (κ3) is 4.61. The van der Waals surface area contributed by atoms with E-state index in [4.69, 9.17) is 9.97 Å². The number of aromatic amines is 2. The van der Waals surface area contributed by atoms with Crippen molar-refractivity contribution >= 4 is 40.2 Å². The lowest BCUT2D eigenvalue weighted by Gasteiger charge is -2.15. The molecule has 0 saturated carbocycles. The van der Waals surface area contributed by atoms with E-state index in [1.165, 1.54) is 5.56 Å². The standard InChI is InChI=1S/C36H30N4O2/c1-21-4-6-22(7-5-21)33-29-15-13-26(38-29)19-32-36(2,3)20-27(39-32)18-25-12-14-28(37-25)34(31-17-16-30(33)40-31)23-8-10-24(11-9-23)35(41)42/h4-19,37-38H,20H2,1-3H3,(H,41,42). The molecule has 42 heavy (non-hydrogen) atoms. The maximum Gasteiger partial charge on any atom is 0.335 e. The molecule has 0 fully saturated rings. The number of nitrogens with zero attached hydrogens (tertiary/aromatic N) is 2. The van der Waals surface area contributed by atoms with E-state index in [1.807, 2.05) is 18.2 Å². The maximum atomic E-state index is 11.6. The lowest BCUT2D eigenvalue weighted by Crippen LogP contribution is -2.14. The average Bonchev–Trinajstić information content (AvgIpc) is 3.76. The third-order valence-electron chi connectivity index (χ3n) is 8.06. The Bertz CT molecular complexity index is 2060. The molecule has 3 aromatic heterocycles. The van der Waals surface area contributed by atoms with Crippen LogP contribution in [0.1, 0.15) is 52.5 Å². The minimum Gasteiger partial charge on any atom is -0.478 e. The zero-order chi connectivity index (χ0) is 29.0. The Morgan fingerprint density at radius 3 is 1.86 bits per heavy atom. The number of fused-ring (bicyclic) bond motifs is 8. The summed E-state index contributed by atoms with van der Waals surface area (Å²) in [6.07, 6.45) is 4.92. The van der Waals surface area contributed by atoms with E-state index in [9.17, 15) is 9.90 Å². The molecule has 0 radical (unpaired) electrons. The fourth-order valence-corrected chi connectivity index (χ4v) is 5.83. The molecule has 5 heterocycles. The minimum atomic E-state index is -0.952. The first-order valence-electron chi connectivity index (χ1n) is 14.1. The number of carbonyl (C=O) groups is 1.